The van der Waals surface area contributed by atoms with Gasteiger partial charge in [-0.25, -0.2) is 5.01 Å². The van der Waals surface area contributed by atoms with E-state index < -0.39 is 0 Å². The quantitative estimate of drug-likeness (QED) is 0.528. The minimum atomic E-state index is 0.802. The smallest absolute Gasteiger partial charge is 0.0874 e. The highest BCUT2D eigenvalue weighted by atomic mass is 15.7. The molecule has 0 aliphatic carbocycles. The third-order valence-electron chi connectivity index (χ3n) is 3.10. The van der Waals surface area contributed by atoms with Crippen LogP contribution in [0.2, 0.25) is 0 Å². The molecular weight excluding hydrogens is 272 g/mol. The number of rotatable bonds is 5. The Balaban J connectivity index is 1.82. The summed E-state index contributed by atoms with van der Waals surface area (Å²) in [4.78, 5) is 0. The molecule has 4 heteroatoms. The number of hydrazine groups is 1. The van der Waals surface area contributed by atoms with Crippen LogP contribution in [0, 0.1) is 0 Å². The van der Waals surface area contributed by atoms with Crippen LogP contribution in [0.4, 0.5) is 17.1 Å². The number of hydrogen-bond acceptors (Lipinski definition) is 3. The Morgan fingerprint density at radius 2 is 1.05 bits per heavy atom. The summed E-state index contributed by atoms with van der Waals surface area (Å²) in [5.74, 6) is 0. The molecule has 3 rings (SSSR count). The molecule has 22 heavy (non-hydrogen) atoms. The minimum Gasteiger partial charge on any atom is -0.239 e. The zero-order chi connectivity index (χ0) is 15.0. The number of nitrogens with one attached hydrogen (secondary N) is 1. The lowest BCUT2D eigenvalue weighted by atomic mass is 10.2. The largest absolute Gasteiger partial charge is 0.239 e. The van der Waals surface area contributed by atoms with E-state index in [1.165, 1.54) is 0 Å². The van der Waals surface area contributed by atoms with Crippen LogP contribution in [0.5, 0.6) is 0 Å². The average molecular weight is 288 g/mol. The van der Waals surface area contributed by atoms with E-state index >= 15 is 0 Å². The third-order valence-corrected chi connectivity index (χ3v) is 3.10. The molecule has 3 aromatic rings. The van der Waals surface area contributed by atoms with Crippen molar-refractivity contribution in [2.45, 2.75) is 0 Å². The molecule has 0 saturated carbocycles. The van der Waals surface area contributed by atoms with E-state index in [4.69, 9.17) is 0 Å². The van der Waals surface area contributed by atoms with Crippen LogP contribution in [0.25, 0.3) is 0 Å². The van der Waals surface area contributed by atoms with Gasteiger partial charge < -0.3 is 0 Å². The van der Waals surface area contributed by atoms with Crippen molar-refractivity contribution < 1.29 is 0 Å². The van der Waals surface area contributed by atoms with Gasteiger partial charge in [-0.2, -0.15) is 5.53 Å². The third kappa shape index (κ3) is 3.49. The first kappa shape index (κ1) is 13.8. The fraction of sp³-hybridized carbons (Fsp3) is 0. The second-order valence-corrected chi connectivity index (χ2v) is 4.64. The summed E-state index contributed by atoms with van der Waals surface area (Å²) < 4.78 is 0. The topological polar surface area (TPSA) is 40.0 Å². The summed E-state index contributed by atoms with van der Waals surface area (Å²) in [6.45, 7) is 0. The summed E-state index contributed by atoms with van der Waals surface area (Å²) >= 11 is 0. The van der Waals surface area contributed by atoms with Crippen LogP contribution in [0.3, 0.4) is 0 Å². The summed E-state index contributed by atoms with van der Waals surface area (Å²) in [5.41, 5.74) is 5.77. The van der Waals surface area contributed by atoms with Crippen molar-refractivity contribution in [3.8, 4) is 0 Å². The molecule has 3 aromatic carbocycles. The Morgan fingerprint density at radius 1 is 0.591 bits per heavy atom. The van der Waals surface area contributed by atoms with Crippen LogP contribution in [-0.4, -0.2) is 0 Å². The van der Waals surface area contributed by atoms with Gasteiger partial charge in [0.2, 0.25) is 0 Å². The van der Waals surface area contributed by atoms with Gasteiger partial charge in [0.05, 0.1) is 17.1 Å². The normalized spacial score (nSPS) is 10.5. The van der Waals surface area contributed by atoms with Crippen LogP contribution >= 0.6 is 0 Å². The van der Waals surface area contributed by atoms with E-state index in [-0.39, 0.29) is 0 Å². The molecule has 1 N–H and O–H groups in total. The predicted octanol–water partition coefficient (Wildman–Crippen LogP) is 5.03. The SMILES string of the molecule is c1ccc(N=NNN(c2ccccc2)c2ccccc2)cc1. The Morgan fingerprint density at radius 3 is 1.55 bits per heavy atom. The van der Waals surface area contributed by atoms with E-state index in [2.05, 4.69) is 15.9 Å². The average Bonchev–Trinajstić information content (AvgIpc) is 2.61. The lowest BCUT2D eigenvalue weighted by Crippen LogP contribution is -2.28. The first-order chi connectivity index (χ1) is 10.9. The van der Waals surface area contributed by atoms with Crippen molar-refractivity contribution >= 4 is 17.1 Å². The zero-order valence-electron chi connectivity index (χ0n) is 12.0. The van der Waals surface area contributed by atoms with Gasteiger partial charge in [0.25, 0.3) is 0 Å². The molecule has 0 heterocycles. The van der Waals surface area contributed by atoms with Crippen LogP contribution in [0.1, 0.15) is 0 Å². The van der Waals surface area contributed by atoms with Crippen molar-refractivity contribution in [1.82, 2.24) is 5.53 Å². The van der Waals surface area contributed by atoms with Crippen LogP contribution < -0.4 is 10.5 Å². The Kier molecular flexibility index (Phi) is 4.42. The highest BCUT2D eigenvalue weighted by molar-refractivity contribution is 5.61. The minimum absolute atomic E-state index is 0.802. The summed E-state index contributed by atoms with van der Waals surface area (Å²) in [5, 5.41) is 10.1. The standard InChI is InChI=1S/C18H16N4/c1-4-10-16(11-5-1)19-20-21-22(17-12-6-2-7-13-17)18-14-8-3-9-15-18/h1-15H,(H,19,21). The Labute approximate surface area is 129 Å². The number of benzene rings is 3. The lowest BCUT2D eigenvalue weighted by molar-refractivity contribution is 0.712. The van der Waals surface area contributed by atoms with Gasteiger partial charge in [0.15, 0.2) is 0 Å². The molecule has 0 aliphatic heterocycles. The van der Waals surface area contributed by atoms with Gasteiger partial charge in [-0.3, -0.25) is 0 Å². The summed E-state index contributed by atoms with van der Waals surface area (Å²) in [6.07, 6.45) is 0. The van der Waals surface area contributed by atoms with Crippen molar-refractivity contribution in [2.75, 3.05) is 5.01 Å². The summed E-state index contributed by atoms with van der Waals surface area (Å²) in [7, 11) is 0. The van der Waals surface area contributed by atoms with Gasteiger partial charge in [0.1, 0.15) is 0 Å². The molecule has 0 unspecified atom stereocenters. The van der Waals surface area contributed by atoms with E-state index in [1.54, 1.807) is 0 Å². The van der Waals surface area contributed by atoms with Gasteiger partial charge in [-0.1, -0.05) is 59.8 Å². The first-order valence-electron chi connectivity index (χ1n) is 7.05. The van der Waals surface area contributed by atoms with Gasteiger partial charge >= 0.3 is 0 Å². The number of anilines is 2. The van der Waals surface area contributed by atoms with E-state index in [9.17, 15) is 0 Å². The molecule has 0 radical (unpaired) electrons. The number of hydrogen-bond donors (Lipinski definition) is 1. The van der Waals surface area contributed by atoms with Gasteiger partial charge in [0, 0.05) is 0 Å². The molecule has 0 aliphatic rings. The van der Waals surface area contributed by atoms with Crippen LogP contribution in [-0.2, 0) is 0 Å². The Bertz CT molecular complexity index is 672. The second-order valence-electron chi connectivity index (χ2n) is 4.64. The molecule has 108 valence electrons. The van der Waals surface area contributed by atoms with Crippen molar-refractivity contribution in [3.05, 3.63) is 91.0 Å². The molecule has 0 atom stereocenters. The molecule has 0 bridgehead atoms. The molecule has 0 saturated heterocycles. The van der Waals surface area contributed by atoms with Crippen molar-refractivity contribution in [1.29, 1.82) is 0 Å². The molecule has 0 fully saturated rings. The maximum absolute atomic E-state index is 4.17. The second kappa shape index (κ2) is 7.04. The van der Waals surface area contributed by atoms with Crippen molar-refractivity contribution in [2.24, 2.45) is 10.3 Å². The fourth-order valence-corrected chi connectivity index (χ4v) is 2.04. The van der Waals surface area contributed by atoms with E-state index in [0.717, 1.165) is 17.1 Å². The number of nitrogens with zero attached hydrogens (tertiary/aromatic N) is 3. The highest BCUT2D eigenvalue weighted by Crippen LogP contribution is 2.22. The van der Waals surface area contributed by atoms with E-state index in [0.29, 0.717) is 0 Å². The zero-order valence-corrected chi connectivity index (χ0v) is 12.0. The molecule has 0 aromatic heterocycles. The van der Waals surface area contributed by atoms with Gasteiger partial charge in [-0.05, 0) is 36.4 Å². The first-order valence-corrected chi connectivity index (χ1v) is 7.05. The maximum atomic E-state index is 4.17. The van der Waals surface area contributed by atoms with Crippen LogP contribution in [0.15, 0.2) is 101 Å². The fourth-order valence-electron chi connectivity index (χ4n) is 2.04. The molecule has 0 amide bonds. The monoisotopic (exact) mass is 288 g/mol. The van der Waals surface area contributed by atoms with E-state index in [1.807, 2.05) is 96.0 Å². The number of para-hydroxylation sites is 2. The summed E-state index contributed by atoms with van der Waals surface area (Å²) in [6, 6.07) is 29.6. The van der Waals surface area contributed by atoms with Gasteiger partial charge in [-0.15, -0.1) is 5.11 Å². The maximum Gasteiger partial charge on any atom is 0.0874 e. The predicted molar refractivity (Wildman–Crippen MR) is 89.1 cm³/mol. The van der Waals surface area contributed by atoms with Crippen molar-refractivity contribution in [3.63, 3.8) is 0 Å². The highest BCUT2D eigenvalue weighted by Gasteiger charge is 2.07. The Hall–Kier alpha value is -3.14. The molecular formula is C18H16N4. The lowest BCUT2D eigenvalue weighted by Gasteiger charge is -2.22. The molecule has 0 spiro atoms. The molecule has 4 nitrogen and oxygen atoms in total.